The van der Waals surface area contributed by atoms with E-state index in [-0.39, 0.29) is 5.91 Å². The first-order chi connectivity index (χ1) is 7.91. The molecule has 0 bridgehead atoms. The second-order valence-electron chi connectivity index (χ2n) is 4.03. The molecule has 94 valence electrons. The Labute approximate surface area is 99.2 Å². The van der Waals surface area contributed by atoms with Gasteiger partial charge in [0.05, 0.1) is 6.04 Å². The molecule has 1 amide bonds. The second-order valence-corrected chi connectivity index (χ2v) is 4.03. The van der Waals surface area contributed by atoms with Crippen molar-refractivity contribution in [1.82, 2.24) is 4.90 Å². The number of benzene rings is 1. The highest BCUT2D eigenvalue weighted by atomic mass is 19.1. The number of likely N-dealkylation sites (N-methyl/N-ethyl adjacent to an activating group) is 1. The Hall–Kier alpha value is -1.49. The van der Waals surface area contributed by atoms with Gasteiger partial charge in [-0.05, 0) is 25.0 Å². The number of carbonyl (C=O) groups excluding carboxylic acids is 1. The van der Waals surface area contributed by atoms with Crippen molar-refractivity contribution in [3.8, 4) is 0 Å². The van der Waals surface area contributed by atoms with Gasteiger partial charge in [-0.1, -0.05) is 6.07 Å². The quantitative estimate of drug-likeness (QED) is 0.865. The van der Waals surface area contributed by atoms with Crippen molar-refractivity contribution in [2.75, 3.05) is 13.6 Å². The SMILES string of the molecule is CC(N)C(=O)N(C)CCc1ccc(F)cc1F. The van der Waals surface area contributed by atoms with E-state index in [2.05, 4.69) is 0 Å². The number of halogens is 2. The molecule has 0 saturated carbocycles. The van der Waals surface area contributed by atoms with Crippen molar-refractivity contribution < 1.29 is 13.6 Å². The summed E-state index contributed by atoms with van der Waals surface area (Å²) >= 11 is 0. The zero-order chi connectivity index (χ0) is 13.0. The minimum absolute atomic E-state index is 0.201. The lowest BCUT2D eigenvalue weighted by Crippen LogP contribution is -2.40. The van der Waals surface area contributed by atoms with Gasteiger partial charge in [0.1, 0.15) is 11.6 Å². The Bertz CT molecular complexity index is 407. The highest BCUT2D eigenvalue weighted by Crippen LogP contribution is 2.10. The molecule has 2 N–H and O–H groups in total. The molecular weight excluding hydrogens is 226 g/mol. The highest BCUT2D eigenvalue weighted by Gasteiger charge is 2.13. The van der Waals surface area contributed by atoms with E-state index in [0.29, 0.717) is 18.5 Å². The largest absolute Gasteiger partial charge is 0.344 e. The Kier molecular flexibility index (Phi) is 4.57. The van der Waals surface area contributed by atoms with Gasteiger partial charge in [-0.15, -0.1) is 0 Å². The van der Waals surface area contributed by atoms with E-state index >= 15 is 0 Å². The molecule has 17 heavy (non-hydrogen) atoms. The van der Waals surface area contributed by atoms with Gasteiger partial charge >= 0.3 is 0 Å². The number of carbonyl (C=O) groups is 1. The maximum absolute atomic E-state index is 13.3. The van der Waals surface area contributed by atoms with Crippen LogP contribution in [0.2, 0.25) is 0 Å². The van der Waals surface area contributed by atoms with E-state index in [0.717, 1.165) is 6.07 Å². The van der Waals surface area contributed by atoms with Crippen LogP contribution >= 0.6 is 0 Å². The molecule has 1 rings (SSSR count). The molecule has 0 aliphatic heterocycles. The number of hydrogen-bond donors (Lipinski definition) is 1. The number of amides is 1. The van der Waals surface area contributed by atoms with Crippen LogP contribution in [0.15, 0.2) is 18.2 Å². The van der Waals surface area contributed by atoms with Crippen LogP contribution in [-0.2, 0) is 11.2 Å². The molecule has 1 aromatic rings. The first-order valence-electron chi connectivity index (χ1n) is 5.36. The van der Waals surface area contributed by atoms with Crippen LogP contribution in [0.1, 0.15) is 12.5 Å². The predicted molar refractivity (Wildman–Crippen MR) is 61.3 cm³/mol. The standard InChI is InChI=1S/C12H16F2N2O/c1-8(15)12(17)16(2)6-5-9-3-4-10(13)7-11(9)14/h3-4,7-8H,5-6,15H2,1-2H3. The summed E-state index contributed by atoms with van der Waals surface area (Å²) in [6, 6.07) is 2.85. The van der Waals surface area contributed by atoms with Crippen LogP contribution in [0.4, 0.5) is 8.78 Å². The molecule has 0 spiro atoms. The van der Waals surface area contributed by atoms with Gasteiger partial charge in [-0.2, -0.15) is 0 Å². The molecular formula is C12H16F2N2O. The summed E-state index contributed by atoms with van der Waals surface area (Å²) in [4.78, 5) is 12.9. The first-order valence-corrected chi connectivity index (χ1v) is 5.36. The van der Waals surface area contributed by atoms with Gasteiger partial charge in [0, 0.05) is 19.7 Å². The van der Waals surface area contributed by atoms with Crippen LogP contribution in [0.5, 0.6) is 0 Å². The molecule has 0 heterocycles. The summed E-state index contributed by atoms with van der Waals surface area (Å²) in [5, 5.41) is 0. The normalized spacial score (nSPS) is 12.3. The Morgan fingerprint density at radius 3 is 2.65 bits per heavy atom. The number of nitrogens with two attached hydrogens (primary N) is 1. The van der Waals surface area contributed by atoms with Crippen LogP contribution in [0.3, 0.4) is 0 Å². The predicted octanol–water partition coefficient (Wildman–Crippen LogP) is 1.31. The third-order valence-corrected chi connectivity index (χ3v) is 2.50. The van der Waals surface area contributed by atoms with Crippen LogP contribution in [0, 0.1) is 11.6 Å². The van der Waals surface area contributed by atoms with Crippen molar-refractivity contribution in [3.05, 3.63) is 35.4 Å². The molecule has 5 heteroatoms. The minimum atomic E-state index is -0.605. The van der Waals surface area contributed by atoms with E-state index in [1.165, 1.54) is 17.0 Å². The Morgan fingerprint density at radius 2 is 2.12 bits per heavy atom. The molecule has 0 radical (unpaired) electrons. The fourth-order valence-corrected chi connectivity index (χ4v) is 1.47. The summed E-state index contributed by atoms with van der Waals surface area (Å²) in [7, 11) is 1.60. The minimum Gasteiger partial charge on any atom is -0.344 e. The topological polar surface area (TPSA) is 46.3 Å². The summed E-state index contributed by atoms with van der Waals surface area (Å²) in [6.45, 7) is 1.94. The zero-order valence-corrected chi connectivity index (χ0v) is 9.91. The first kappa shape index (κ1) is 13.6. The van der Waals surface area contributed by atoms with Gasteiger partial charge in [0.25, 0.3) is 0 Å². The molecule has 0 fully saturated rings. The third kappa shape index (κ3) is 3.78. The summed E-state index contributed by atoms with van der Waals surface area (Å²) in [5.74, 6) is -1.40. The van der Waals surface area contributed by atoms with Gasteiger partial charge in [0.15, 0.2) is 0 Å². The molecule has 3 nitrogen and oxygen atoms in total. The number of rotatable bonds is 4. The van der Waals surface area contributed by atoms with E-state index in [9.17, 15) is 13.6 Å². The lowest BCUT2D eigenvalue weighted by Gasteiger charge is -2.19. The van der Waals surface area contributed by atoms with Crippen molar-refractivity contribution >= 4 is 5.91 Å². The third-order valence-electron chi connectivity index (χ3n) is 2.50. The monoisotopic (exact) mass is 242 g/mol. The van der Waals surface area contributed by atoms with E-state index in [4.69, 9.17) is 5.73 Å². The molecule has 0 aromatic heterocycles. The van der Waals surface area contributed by atoms with Crippen LogP contribution in [0.25, 0.3) is 0 Å². The van der Waals surface area contributed by atoms with Crippen LogP contribution < -0.4 is 5.73 Å². The summed E-state index contributed by atoms with van der Waals surface area (Å²) in [5.41, 5.74) is 5.83. The van der Waals surface area contributed by atoms with Gasteiger partial charge in [0.2, 0.25) is 5.91 Å². The Balaban J connectivity index is 2.59. The van der Waals surface area contributed by atoms with Crippen molar-refractivity contribution in [2.24, 2.45) is 5.73 Å². The van der Waals surface area contributed by atoms with Crippen molar-refractivity contribution in [2.45, 2.75) is 19.4 Å². The lowest BCUT2D eigenvalue weighted by atomic mass is 10.1. The molecule has 1 aromatic carbocycles. The maximum Gasteiger partial charge on any atom is 0.238 e. The summed E-state index contributed by atoms with van der Waals surface area (Å²) < 4.78 is 26.0. The fraction of sp³-hybridized carbons (Fsp3) is 0.417. The molecule has 1 unspecified atom stereocenters. The Morgan fingerprint density at radius 1 is 1.47 bits per heavy atom. The highest BCUT2D eigenvalue weighted by molar-refractivity contribution is 5.80. The molecule has 0 aliphatic carbocycles. The zero-order valence-electron chi connectivity index (χ0n) is 9.91. The van der Waals surface area contributed by atoms with E-state index < -0.39 is 17.7 Å². The number of hydrogen-bond acceptors (Lipinski definition) is 2. The average molecular weight is 242 g/mol. The van der Waals surface area contributed by atoms with Gasteiger partial charge in [-0.25, -0.2) is 8.78 Å². The van der Waals surface area contributed by atoms with E-state index in [1.807, 2.05) is 0 Å². The van der Waals surface area contributed by atoms with Crippen LogP contribution in [-0.4, -0.2) is 30.4 Å². The second kappa shape index (κ2) is 5.72. The van der Waals surface area contributed by atoms with Gasteiger partial charge < -0.3 is 10.6 Å². The maximum atomic E-state index is 13.3. The smallest absolute Gasteiger partial charge is 0.238 e. The van der Waals surface area contributed by atoms with Crippen molar-refractivity contribution in [3.63, 3.8) is 0 Å². The van der Waals surface area contributed by atoms with Gasteiger partial charge in [-0.3, -0.25) is 4.79 Å². The fourth-order valence-electron chi connectivity index (χ4n) is 1.47. The molecule has 1 atom stereocenters. The molecule has 0 saturated heterocycles. The van der Waals surface area contributed by atoms with E-state index in [1.54, 1.807) is 14.0 Å². The average Bonchev–Trinajstić information content (AvgIpc) is 2.26. The lowest BCUT2D eigenvalue weighted by molar-refractivity contribution is -0.130. The number of nitrogens with zero attached hydrogens (tertiary/aromatic N) is 1. The van der Waals surface area contributed by atoms with Crippen molar-refractivity contribution in [1.29, 1.82) is 0 Å². The molecule has 0 aliphatic rings. The summed E-state index contributed by atoms with van der Waals surface area (Å²) in [6.07, 6.45) is 0.334.